The summed E-state index contributed by atoms with van der Waals surface area (Å²) in [4.78, 5) is 4.69. The van der Waals surface area contributed by atoms with Gasteiger partial charge in [-0.05, 0) is 62.1 Å². The Hall–Kier alpha value is -2.81. The molecule has 3 rings (SSSR count). The Labute approximate surface area is 169 Å². The van der Waals surface area contributed by atoms with Crippen LogP contribution in [-0.2, 0) is 5.41 Å². The van der Waals surface area contributed by atoms with Crippen molar-refractivity contribution in [2.24, 2.45) is 0 Å². The fraction of sp³-hybridized carbons (Fsp3) is 0.320. The van der Waals surface area contributed by atoms with Crippen molar-refractivity contribution < 1.29 is 0 Å². The van der Waals surface area contributed by atoms with E-state index in [1.165, 1.54) is 33.6 Å². The van der Waals surface area contributed by atoms with E-state index in [2.05, 4.69) is 98.8 Å². The molecule has 1 aromatic heterocycles. The number of nitrogens with one attached hydrogen (secondary N) is 2. The molecule has 0 bridgehead atoms. The van der Waals surface area contributed by atoms with Crippen LogP contribution in [0.25, 0.3) is 0 Å². The van der Waals surface area contributed by atoms with Crippen LogP contribution in [0.1, 0.15) is 34.9 Å². The number of hydrogen-bond donors (Lipinski definition) is 2. The van der Waals surface area contributed by atoms with E-state index in [1.54, 1.807) is 0 Å². The molecule has 2 N–H and O–H groups in total. The number of hydrogen-bond acceptors (Lipinski definition) is 3. The monoisotopic (exact) mass is 373 g/mol. The molecule has 0 unspecified atom stereocenters. The molecule has 0 radical (unpaired) electrons. The molecule has 1 heterocycles. The Kier molecular flexibility index (Phi) is 6.03. The zero-order valence-electron chi connectivity index (χ0n) is 17.6. The van der Waals surface area contributed by atoms with Gasteiger partial charge in [0.15, 0.2) is 0 Å². The van der Waals surface area contributed by atoms with Gasteiger partial charge in [-0.25, -0.2) is 0 Å². The van der Waals surface area contributed by atoms with Crippen molar-refractivity contribution in [1.82, 2.24) is 4.98 Å². The summed E-state index contributed by atoms with van der Waals surface area (Å²) in [6.45, 7) is 12.5. The van der Waals surface area contributed by atoms with Gasteiger partial charge in [0.25, 0.3) is 0 Å². The van der Waals surface area contributed by atoms with Gasteiger partial charge >= 0.3 is 0 Å². The van der Waals surface area contributed by atoms with E-state index in [0.29, 0.717) is 0 Å². The van der Waals surface area contributed by atoms with Gasteiger partial charge in [-0.3, -0.25) is 4.98 Å². The molecular weight excluding hydrogens is 342 g/mol. The van der Waals surface area contributed by atoms with Crippen LogP contribution in [0.5, 0.6) is 0 Å². The number of benzene rings is 2. The van der Waals surface area contributed by atoms with Crippen LogP contribution in [0.4, 0.5) is 11.4 Å². The largest absolute Gasteiger partial charge is 0.384 e. The summed E-state index contributed by atoms with van der Waals surface area (Å²) in [5, 5.41) is 7.41. The molecule has 0 amide bonds. The summed E-state index contributed by atoms with van der Waals surface area (Å²) >= 11 is 0. The predicted molar refractivity (Wildman–Crippen MR) is 120 cm³/mol. The molecule has 0 fully saturated rings. The molecule has 0 saturated heterocycles. The highest BCUT2D eigenvalue weighted by Gasteiger charge is 2.28. The molecule has 3 heteroatoms. The van der Waals surface area contributed by atoms with Crippen LogP contribution in [0.2, 0.25) is 0 Å². The van der Waals surface area contributed by atoms with Crippen LogP contribution in [0.3, 0.4) is 0 Å². The van der Waals surface area contributed by atoms with Crippen molar-refractivity contribution in [3.05, 3.63) is 88.7 Å². The highest BCUT2D eigenvalue weighted by molar-refractivity contribution is 5.58. The maximum Gasteiger partial charge on any atom is 0.0497 e. The van der Waals surface area contributed by atoms with Gasteiger partial charge in [0.1, 0.15) is 0 Å². The van der Waals surface area contributed by atoms with Gasteiger partial charge in [0.05, 0.1) is 0 Å². The second-order valence-corrected chi connectivity index (χ2v) is 8.02. The predicted octanol–water partition coefficient (Wildman–Crippen LogP) is 5.80. The number of rotatable bonds is 7. The molecule has 0 aliphatic rings. The van der Waals surface area contributed by atoms with Crippen molar-refractivity contribution in [2.75, 3.05) is 23.7 Å². The summed E-state index contributed by atoms with van der Waals surface area (Å²) in [5.41, 5.74) is 8.44. The summed E-state index contributed by atoms with van der Waals surface area (Å²) in [6, 6.07) is 19.0. The number of pyridine rings is 1. The maximum absolute atomic E-state index is 4.69. The average Bonchev–Trinajstić information content (AvgIpc) is 2.68. The Morgan fingerprint density at radius 1 is 0.679 bits per heavy atom. The molecule has 3 aromatic rings. The first kappa shape index (κ1) is 19.9. The fourth-order valence-corrected chi connectivity index (χ4v) is 3.72. The standard InChI is InChI=1S/C25H31N3/c1-18-10-8-11-19(2)23(18)27-16-25(5,22-14-6-7-15-26-22)17-28-24-20(3)12-9-13-21(24)4/h6-15,27-28H,16-17H2,1-5H3. The smallest absolute Gasteiger partial charge is 0.0497 e. The minimum Gasteiger partial charge on any atom is -0.384 e. The third-order valence-corrected chi connectivity index (χ3v) is 5.56. The van der Waals surface area contributed by atoms with E-state index in [-0.39, 0.29) is 5.41 Å². The van der Waals surface area contributed by atoms with Gasteiger partial charge in [-0.2, -0.15) is 0 Å². The van der Waals surface area contributed by atoms with Crippen LogP contribution in [-0.4, -0.2) is 18.1 Å². The van der Waals surface area contributed by atoms with Crippen molar-refractivity contribution in [3.63, 3.8) is 0 Å². The minimum absolute atomic E-state index is 0.162. The highest BCUT2D eigenvalue weighted by Crippen LogP contribution is 2.28. The van der Waals surface area contributed by atoms with Gasteiger partial charge in [0.2, 0.25) is 0 Å². The molecule has 28 heavy (non-hydrogen) atoms. The van der Waals surface area contributed by atoms with E-state index in [1.807, 2.05) is 12.3 Å². The van der Waals surface area contributed by atoms with Crippen molar-refractivity contribution in [2.45, 2.75) is 40.0 Å². The molecular formula is C25H31N3. The first-order chi connectivity index (χ1) is 13.4. The lowest BCUT2D eigenvalue weighted by Gasteiger charge is -2.32. The first-order valence-corrected chi connectivity index (χ1v) is 9.92. The number of aryl methyl sites for hydroxylation is 4. The number of para-hydroxylation sites is 2. The Bertz CT molecular complexity index is 836. The van der Waals surface area contributed by atoms with Crippen LogP contribution < -0.4 is 10.6 Å². The van der Waals surface area contributed by atoms with Crippen molar-refractivity contribution in [3.8, 4) is 0 Å². The molecule has 0 aliphatic heterocycles. The van der Waals surface area contributed by atoms with Crippen LogP contribution in [0.15, 0.2) is 60.8 Å². The molecule has 0 saturated carbocycles. The molecule has 0 aliphatic carbocycles. The fourth-order valence-electron chi connectivity index (χ4n) is 3.72. The van der Waals surface area contributed by atoms with Crippen LogP contribution >= 0.6 is 0 Å². The number of nitrogens with zero attached hydrogens (tertiary/aromatic N) is 1. The van der Waals surface area contributed by atoms with Crippen LogP contribution in [0, 0.1) is 27.7 Å². The Balaban J connectivity index is 1.86. The zero-order valence-corrected chi connectivity index (χ0v) is 17.6. The quantitative estimate of drug-likeness (QED) is 0.550. The van der Waals surface area contributed by atoms with Gasteiger partial charge in [-0.1, -0.05) is 49.4 Å². The van der Waals surface area contributed by atoms with Gasteiger partial charge < -0.3 is 10.6 Å². The molecule has 146 valence electrons. The summed E-state index contributed by atoms with van der Waals surface area (Å²) in [7, 11) is 0. The first-order valence-electron chi connectivity index (χ1n) is 9.92. The molecule has 2 aromatic carbocycles. The van der Waals surface area contributed by atoms with Crippen molar-refractivity contribution in [1.29, 1.82) is 0 Å². The molecule has 3 nitrogen and oxygen atoms in total. The van der Waals surface area contributed by atoms with E-state index in [0.717, 1.165) is 18.8 Å². The lowest BCUT2D eigenvalue weighted by Crippen LogP contribution is -2.39. The second kappa shape index (κ2) is 8.47. The number of anilines is 2. The second-order valence-electron chi connectivity index (χ2n) is 8.02. The average molecular weight is 374 g/mol. The topological polar surface area (TPSA) is 37.0 Å². The maximum atomic E-state index is 4.69. The molecule has 0 spiro atoms. The third-order valence-electron chi connectivity index (χ3n) is 5.56. The zero-order chi connectivity index (χ0) is 20.1. The highest BCUT2D eigenvalue weighted by atomic mass is 15.0. The minimum atomic E-state index is -0.162. The van der Waals surface area contributed by atoms with E-state index in [9.17, 15) is 0 Å². The summed E-state index contributed by atoms with van der Waals surface area (Å²) in [5.74, 6) is 0. The Morgan fingerprint density at radius 2 is 1.14 bits per heavy atom. The van der Waals surface area contributed by atoms with E-state index >= 15 is 0 Å². The van der Waals surface area contributed by atoms with E-state index in [4.69, 9.17) is 0 Å². The van der Waals surface area contributed by atoms with Gasteiger partial charge in [0, 0.05) is 41.8 Å². The Morgan fingerprint density at radius 3 is 1.54 bits per heavy atom. The van der Waals surface area contributed by atoms with Gasteiger partial charge in [-0.15, -0.1) is 0 Å². The SMILES string of the molecule is Cc1cccc(C)c1NCC(C)(CNc1c(C)cccc1C)c1ccccn1. The lowest BCUT2D eigenvalue weighted by molar-refractivity contribution is 0.511. The van der Waals surface area contributed by atoms with Crippen molar-refractivity contribution >= 4 is 11.4 Å². The third kappa shape index (κ3) is 4.36. The lowest BCUT2D eigenvalue weighted by atomic mass is 9.85. The normalized spacial score (nSPS) is 11.3. The number of aromatic nitrogens is 1. The summed E-state index contributed by atoms with van der Waals surface area (Å²) in [6.07, 6.45) is 1.88. The summed E-state index contributed by atoms with van der Waals surface area (Å²) < 4.78 is 0. The molecule has 0 atom stereocenters. The van der Waals surface area contributed by atoms with E-state index < -0.39 is 0 Å².